The van der Waals surface area contributed by atoms with Crippen LogP contribution in [0.1, 0.15) is 60.7 Å². The van der Waals surface area contributed by atoms with Crippen LogP contribution in [-0.4, -0.2) is 27.5 Å². The molecule has 3 N–H and O–H groups in total. The molecule has 3 rings (SSSR count). The number of benzene rings is 1. The first-order chi connectivity index (χ1) is 15.5. The van der Waals surface area contributed by atoms with Crippen molar-refractivity contribution in [2.75, 3.05) is 12.7 Å². The molecule has 1 atom stereocenters. The lowest BCUT2D eigenvalue weighted by Crippen LogP contribution is -2.46. The van der Waals surface area contributed by atoms with Crippen molar-refractivity contribution in [3.63, 3.8) is 0 Å². The van der Waals surface area contributed by atoms with Gasteiger partial charge in [-0.3, -0.25) is 14.9 Å². The van der Waals surface area contributed by atoms with Gasteiger partial charge in [-0.05, 0) is 60.5 Å². The molecule has 2 aromatic heterocycles. The van der Waals surface area contributed by atoms with E-state index in [1.807, 2.05) is 24.3 Å². The zero-order chi connectivity index (χ0) is 22.9. The van der Waals surface area contributed by atoms with Gasteiger partial charge in [0.05, 0.1) is 11.9 Å². The second-order valence-electron chi connectivity index (χ2n) is 8.08. The number of unbranched alkanes of at least 4 members (excludes halogenated alkanes) is 3. The Hall–Kier alpha value is -1.82. The predicted octanol–water partition coefficient (Wildman–Crippen LogP) is 5.72. The standard InChI is InChI=1S/C25H33N2O3PS/c1-2-3-4-5-12-21-13-6-7-14-22(21)25(24-16-10-20-32-24,23-15-8-9-17-26-23)27-18-11-19-31(28,29)30/h6-10,13-17,20,27H,2-5,11-12,18-19H2,1H3,(H2,28,29,30). The third kappa shape index (κ3) is 6.37. The molecule has 2 heterocycles. The van der Waals surface area contributed by atoms with Gasteiger partial charge in [0.2, 0.25) is 0 Å². The van der Waals surface area contributed by atoms with Gasteiger partial charge in [-0.15, -0.1) is 11.3 Å². The lowest BCUT2D eigenvalue weighted by atomic mass is 9.80. The summed E-state index contributed by atoms with van der Waals surface area (Å²) in [4.78, 5) is 24.5. The molecule has 0 bridgehead atoms. The number of hydrogen-bond donors (Lipinski definition) is 3. The van der Waals surface area contributed by atoms with E-state index in [0.717, 1.165) is 29.0 Å². The highest BCUT2D eigenvalue weighted by Crippen LogP contribution is 2.41. The zero-order valence-electron chi connectivity index (χ0n) is 18.6. The van der Waals surface area contributed by atoms with E-state index in [2.05, 4.69) is 48.0 Å². The van der Waals surface area contributed by atoms with Gasteiger partial charge in [0, 0.05) is 11.1 Å². The fourth-order valence-corrected chi connectivity index (χ4v) is 5.65. The van der Waals surface area contributed by atoms with Crippen molar-refractivity contribution >= 4 is 18.9 Å². The average molecular weight is 473 g/mol. The van der Waals surface area contributed by atoms with Gasteiger partial charge in [-0.25, -0.2) is 0 Å². The number of aromatic nitrogens is 1. The van der Waals surface area contributed by atoms with Crippen molar-refractivity contribution in [2.45, 2.75) is 51.0 Å². The SMILES string of the molecule is CCCCCCc1ccccc1C(NCCCP(=O)(O)O)(c1ccccn1)c1cccs1. The number of thiophene rings is 1. The maximum Gasteiger partial charge on any atom is 0.325 e. The van der Waals surface area contributed by atoms with Crippen molar-refractivity contribution in [2.24, 2.45) is 0 Å². The Kier molecular flexibility index (Phi) is 9.21. The number of aryl methyl sites for hydroxylation is 1. The number of pyridine rings is 1. The summed E-state index contributed by atoms with van der Waals surface area (Å²) < 4.78 is 11.4. The van der Waals surface area contributed by atoms with Crippen LogP contribution in [0.25, 0.3) is 0 Å². The van der Waals surface area contributed by atoms with Gasteiger partial charge >= 0.3 is 7.60 Å². The van der Waals surface area contributed by atoms with Crippen LogP contribution in [0.2, 0.25) is 0 Å². The van der Waals surface area contributed by atoms with Gasteiger partial charge in [-0.2, -0.15) is 0 Å². The van der Waals surface area contributed by atoms with Crippen LogP contribution in [-0.2, 0) is 16.5 Å². The lowest BCUT2D eigenvalue weighted by Gasteiger charge is -2.36. The monoisotopic (exact) mass is 472 g/mol. The van der Waals surface area contributed by atoms with Crippen LogP contribution in [0.5, 0.6) is 0 Å². The Morgan fingerprint density at radius 2 is 1.81 bits per heavy atom. The maximum atomic E-state index is 11.4. The number of hydrogen-bond acceptors (Lipinski definition) is 4. The predicted molar refractivity (Wildman–Crippen MR) is 132 cm³/mol. The van der Waals surface area contributed by atoms with Crippen molar-refractivity contribution in [1.29, 1.82) is 0 Å². The molecule has 3 aromatic rings. The van der Waals surface area contributed by atoms with E-state index in [0.29, 0.717) is 13.0 Å². The van der Waals surface area contributed by atoms with Gasteiger partial charge in [0.15, 0.2) is 0 Å². The second kappa shape index (κ2) is 11.9. The van der Waals surface area contributed by atoms with Crippen LogP contribution in [0, 0.1) is 0 Å². The van der Waals surface area contributed by atoms with E-state index >= 15 is 0 Å². The van der Waals surface area contributed by atoms with Crippen molar-refractivity contribution in [3.05, 3.63) is 87.9 Å². The van der Waals surface area contributed by atoms with Gasteiger partial charge in [0.25, 0.3) is 0 Å². The number of nitrogens with zero attached hydrogens (tertiary/aromatic N) is 1. The molecule has 0 amide bonds. The summed E-state index contributed by atoms with van der Waals surface area (Å²) in [6.45, 7) is 2.68. The van der Waals surface area contributed by atoms with Crippen LogP contribution in [0.4, 0.5) is 0 Å². The minimum absolute atomic E-state index is 0.137. The molecule has 0 fully saturated rings. The van der Waals surface area contributed by atoms with E-state index in [1.165, 1.54) is 24.8 Å². The largest absolute Gasteiger partial charge is 0.325 e. The normalized spacial score (nSPS) is 13.7. The molecule has 7 heteroatoms. The molecule has 0 aliphatic rings. The first-order valence-corrected chi connectivity index (χ1v) is 14.0. The Labute approximate surface area is 195 Å². The molecule has 172 valence electrons. The fraction of sp³-hybridized carbons (Fsp3) is 0.400. The van der Waals surface area contributed by atoms with Crippen LogP contribution in [0.15, 0.2) is 66.2 Å². The molecule has 0 aliphatic heterocycles. The summed E-state index contributed by atoms with van der Waals surface area (Å²) in [6.07, 6.45) is 7.81. The minimum atomic E-state index is -4.04. The Morgan fingerprint density at radius 3 is 2.50 bits per heavy atom. The van der Waals surface area contributed by atoms with Crippen molar-refractivity contribution in [3.8, 4) is 0 Å². The van der Waals surface area contributed by atoms with E-state index in [4.69, 9.17) is 4.98 Å². The summed E-state index contributed by atoms with van der Waals surface area (Å²) in [5, 5.41) is 5.75. The molecule has 0 saturated carbocycles. The fourth-order valence-electron chi connectivity index (χ4n) is 4.15. The third-order valence-corrected chi connectivity index (χ3v) is 7.57. The maximum absolute atomic E-state index is 11.4. The summed E-state index contributed by atoms with van der Waals surface area (Å²) >= 11 is 1.67. The van der Waals surface area contributed by atoms with E-state index in [9.17, 15) is 14.4 Å². The molecular formula is C25H33N2O3PS. The molecular weight excluding hydrogens is 439 g/mol. The summed E-state index contributed by atoms with van der Waals surface area (Å²) in [5.74, 6) is 0. The molecule has 0 radical (unpaired) electrons. The number of rotatable bonds is 13. The quantitative estimate of drug-likeness (QED) is 0.219. The van der Waals surface area contributed by atoms with Crippen molar-refractivity contribution in [1.82, 2.24) is 10.3 Å². The average Bonchev–Trinajstić information content (AvgIpc) is 3.33. The van der Waals surface area contributed by atoms with Gasteiger partial charge in [-0.1, -0.05) is 62.6 Å². The second-order valence-corrected chi connectivity index (χ2v) is 10.8. The summed E-state index contributed by atoms with van der Waals surface area (Å²) in [7, 11) is -4.04. The summed E-state index contributed by atoms with van der Waals surface area (Å²) in [5.41, 5.74) is 2.66. The highest BCUT2D eigenvalue weighted by Gasteiger charge is 2.39. The smallest absolute Gasteiger partial charge is 0.324 e. The highest BCUT2D eigenvalue weighted by atomic mass is 32.1. The molecule has 1 aromatic carbocycles. The first-order valence-electron chi connectivity index (χ1n) is 11.3. The molecule has 0 spiro atoms. The van der Waals surface area contributed by atoms with E-state index in [1.54, 1.807) is 17.5 Å². The molecule has 0 saturated heterocycles. The third-order valence-electron chi connectivity index (χ3n) is 5.68. The highest BCUT2D eigenvalue weighted by molar-refractivity contribution is 7.51. The van der Waals surface area contributed by atoms with Crippen LogP contribution < -0.4 is 5.32 Å². The van der Waals surface area contributed by atoms with Crippen LogP contribution in [0.3, 0.4) is 0 Å². The first kappa shape index (κ1) is 24.8. The topological polar surface area (TPSA) is 82.5 Å². The molecule has 1 unspecified atom stereocenters. The Morgan fingerprint density at radius 1 is 1.00 bits per heavy atom. The zero-order valence-corrected chi connectivity index (χ0v) is 20.3. The van der Waals surface area contributed by atoms with Crippen LogP contribution >= 0.6 is 18.9 Å². The minimum Gasteiger partial charge on any atom is -0.324 e. The molecule has 5 nitrogen and oxygen atoms in total. The van der Waals surface area contributed by atoms with Gasteiger partial charge in [0.1, 0.15) is 5.54 Å². The molecule has 0 aliphatic carbocycles. The Balaban J connectivity index is 2.05. The van der Waals surface area contributed by atoms with E-state index in [-0.39, 0.29) is 6.16 Å². The van der Waals surface area contributed by atoms with Gasteiger partial charge < -0.3 is 9.79 Å². The van der Waals surface area contributed by atoms with Crippen molar-refractivity contribution < 1.29 is 14.4 Å². The van der Waals surface area contributed by atoms with E-state index < -0.39 is 13.1 Å². The molecule has 32 heavy (non-hydrogen) atoms. The number of nitrogens with one attached hydrogen (secondary N) is 1. The summed E-state index contributed by atoms with van der Waals surface area (Å²) in [6, 6.07) is 18.6. The lowest BCUT2D eigenvalue weighted by molar-refractivity contribution is 0.369. The Bertz CT molecular complexity index is 991.